The summed E-state index contributed by atoms with van der Waals surface area (Å²) in [6.07, 6.45) is 2.84. The monoisotopic (exact) mass is 402 g/mol. The Hall–Kier alpha value is -1.48. The van der Waals surface area contributed by atoms with Crippen LogP contribution in [0.1, 0.15) is 23.0 Å². The predicted molar refractivity (Wildman–Crippen MR) is 94.0 cm³/mol. The van der Waals surface area contributed by atoms with Crippen molar-refractivity contribution < 1.29 is 28.7 Å². The minimum Gasteiger partial charge on any atom is -0.323 e. The van der Waals surface area contributed by atoms with Crippen LogP contribution in [0.5, 0.6) is 0 Å². The maximum absolute atomic E-state index is 11.7. The van der Waals surface area contributed by atoms with Crippen LogP contribution in [0.2, 0.25) is 0 Å². The van der Waals surface area contributed by atoms with Gasteiger partial charge in [-0.1, -0.05) is 12.1 Å². The van der Waals surface area contributed by atoms with Crippen molar-refractivity contribution in [2.75, 3.05) is 13.1 Å². The van der Waals surface area contributed by atoms with Crippen molar-refractivity contribution in [1.82, 2.24) is 20.6 Å². The Morgan fingerprint density at radius 2 is 1.15 bits per heavy atom. The first-order valence-corrected chi connectivity index (χ1v) is 10.9. The first kappa shape index (κ1) is 20.8. The third-order valence-electron chi connectivity index (χ3n) is 3.41. The molecule has 142 valence electrons. The molecular weight excluding hydrogens is 382 g/mol. The normalized spacial score (nSPS) is 14.8. The molecule has 2 atom stereocenters. The molecule has 0 amide bonds. The molecule has 0 aliphatic carbocycles. The van der Waals surface area contributed by atoms with Crippen molar-refractivity contribution in [3.05, 3.63) is 60.2 Å². The fraction of sp³-hybridized carbons (Fsp3) is 0.286. The van der Waals surface area contributed by atoms with Crippen LogP contribution in [-0.2, 0) is 9.13 Å². The molecule has 0 aromatic carbocycles. The van der Waals surface area contributed by atoms with Gasteiger partial charge in [0.2, 0.25) is 0 Å². The lowest BCUT2D eigenvalue weighted by atomic mass is 10.3. The van der Waals surface area contributed by atoms with E-state index in [1.165, 1.54) is 24.5 Å². The number of nitrogens with zero attached hydrogens (tertiary/aromatic N) is 2. The molecule has 0 saturated heterocycles. The average Bonchev–Trinajstić information content (AvgIpc) is 2.57. The second-order valence-electron chi connectivity index (χ2n) is 5.40. The van der Waals surface area contributed by atoms with Crippen molar-refractivity contribution in [2.24, 2.45) is 0 Å². The molecule has 10 nitrogen and oxygen atoms in total. The van der Waals surface area contributed by atoms with Crippen LogP contribution in [0.3, 0.4) is 0 Å². The number of aromatic nitrogens is 2. The molecule has 0 fully saturated rings. The molecule has 2 aromatic rings. The first-order valence-electron chi connectivity index (χ1n) is 7.58. The predicted octanol–water partition coefficient (Wildman–Crippen LogP) is 0.709. The van der Waals surface area contributed by atoms with Crippen LogP contribution < -0.4 is 10.6 Å². The second-order valence-corrected chi connectivity index (χ2v) is 8.79. The van der Waals surface area contributed by atoms with E-state index >= 15 is 0 Å². The van der Waals surface area contributed by atoms with Crippen molar-refractivity contribution in [3.63, 3.8) is 0 Å². The maximum atomic E-state index is 11.7. The summed E-state index contributed by atoms with van der Waals surface area (Å²) in [5.41, 5.74) is 0.356. The van der Waals surface area contributed by atoms with Crippen molar-refractivity contribution in [1.29, 1.82) is 0 Å². The van der Waals surface area contributed by atoms with Gasteiger partial charge in [0.05, 0.1) is 11.4 Å². The first-order chi connectivity index (χ1) is 12.2. The second kappa shape index (κ2) is 8.94. The summed E-state index contributed by atoms with van der Waals surface area (Å²) in [5.74, 6) is -2.62. The molecule has 0 radical (unpaired) electrons. The topological polar surface area (TPSA) is 165 Å². The Morgan fingerprint density at radius 3 is 1.42 bits per heavy atom. The van der Waals surface area contributed by atoms with Gasteiger partial charge in [0, 0.05) is 25.5 Å². The van der Waals surface area contributed by atoms with Gasteiger partial charge in [0.1, 0.15) is 0 Å². The highest BCUT2D eigenvalue weighted by Crippen LogP contribution is 2.50. The molecule has 2 rings (SSSR count). The van der Waals surface area contributed by atoms with Crippen LogP contribution >= 0.6 is 15.2 Å². The van der Waals surface area contributed by atoms with Crippen molar-refractivity contribution in [3.8, 4) is 0 Å². The van der Waals surface area contributed by atoms with Crippen LogP contribution in [-0.4, -0.2) is 42.6 Å². The summed E-state index contributed by atoms with van der Waals surface area (Å²) in [6.45, 7) is 0.0748. The SMILES string of the molecule is O=P(O)(O)C(NCCNC(c1ccccn1)P(=O)(O)O)c1ccccn1. The van der Waals surface area contributed by atoms with E-state index in [2.05, 4.69) is 20.6 Å². The molecule has 2 aromatic heterocycles. The van der Waals surface area contributed by atoms with E-state index in [0.717, 1.165) is 0 Å². The Labute approximate surface area is 150 Å². The number of pyridine rings is 2. The Bertz CT molecular complexity index is 715. The van der Waals surface area contributed by atoms with Gasteiger partial charge in [0.15, 0.2) is 11.6 Å². The summed E-state index contributed by atoms with van der Waals surface area (Å²) in [4.78, 5) is 45.9. The van der Waals surface area contributed by atoms with Gasteiger partial charge in [-0.25, -0.2) is 0 Å². The highest BCUT2D eigenvalue weighted by atomic mass is 31.2. The van der Waals surface area contributed by atoms with Crippen LogP contribution in [0, 0.1) is 0 Å². The third kappa shape index (κ3) is 6.05. The van der Waals surface area contributed by atoms with Crippen molar-refractivity contribution in [2.45, 2.75) is 11.6 Å². The Balaban J connectivity index is 2.00. The van der Waals surface area contributed by atoms with Gasteiger partial charge in [-0.05, 0) is 24.3 Å². The van der Waals surface area contributed by atoms with Gasteiger partial charge in [-0.2, -0.15) is 0 Å². The zero-order valence-electron chi connectivity index (χ0n) is 13.6. The molecule has 6 N–H and O–H groups in total. The lowest BCUT2D eigenvalue weighted by Crippen LogP contribution is -2.33. The van der Waals surface area contributed by atoms with Crippen LogP contribution in [0.15, 0.2) is 48.8 Å². The summed E-state index contributed by atoms with van der Waals surface area (Å²) >= 11 is 0. The largest absolute Gasteiger partial charge is 0.348 e. The Morgan fingerprint density at radius 1 is 0.769 bits per heavy atom. The van der Waals surface area contributed by atoms with E-state index in [9.17, 15) is 28.7 Å². The fourth-order valence-corrected chi connectivity index (χ4v) is 4.01. The molecule has 26 heavy (non-hydrogen) atoms. The van der Waals surface area contributed by atoms with Gasteiger partial charge < -0.3 is 19.6 Å². The van der Waals surface area contributed by atoms with Gasteiger partial charge >= 0.3 is 15.2 Å². The molecule has 0 saturated carbocycles. The average molecular weight is 402 g/mol. The van der Waals surface area contributed by atoms with E-state index in [1.54, 1.807) is 24.3 Å². The zero-order valence-corrected chi connectivity index (χ0v) is 15.4. The number of nitrogens with one attached hydrogen (secondary N) is 2. The smallest absolute Gasteiger partial charge is 0.323 e. The van der Waals surface area contributed by atoms with Gasteiger partial charge in [-0.3, -0.25) is 29.7 Å². The molecule has 12 heteroatoms. The summed E-state index contributed by atoms with van der Waals surface area (Å²) in [7, 11) is -9.04. The van der Waals surface area contributed by atoms with E-state index < -0.39 is 26.8 Å². The molecule has 2 unspecified atom stereocenters. The molecule has 0 spiro atoms. The minimum atomic E-state index is -4.52. The van der Waals surface area contributed by atoms with Gasteiger partial charge in [-0.15, -0.1) is 0 Å². The molecule has 0 bridgehead atoms. The van der Waals surface area contributed by atoms with Crippen LogP contribution in [0.25, 0.3) is 0 Å². The quantitative estimate of drug-likeness (QED) is 0.260. The maximum Gasteiger partial charge on any atom is 0.348 e. The van der Waals surface area contributed by atoms with Gasteiger partial charge in [0.25, 0.3) is 0 Å². The highest BCUT2D eigenvalue weighted by molar-refractivity contribution is 7.52. The summed E-state index contributed by atoms with van der Waals surface area (Å²) in [5, 5.41) is 5.35. The van der Waals surface area contributed by atoms with E-state index in [-0.39, 0.29) is 24.5 Å². The lowest BCUT2D eigenvalue weighted by molar-refractivity contribution is 0.337. The Kier molecular flexibility index (Phi) is 7.16. The zero-order chi connectivity index (χ0) is 19.2. The fourth-order valence-electron chi connectivity index (χ4n) is 2.28. The third-order valence-corrected chi connectivity index (χ3v) is 5.65. The molecule has 2 heterocycles. The summed E-state index contributed by atoms with van der Waals surface area (Å²) < 4.78 is 23.4. The standard InChI is InChI=1S/C14H20N4O6P2/c19-25(20,21)13(11-5-1-3-7-15-11)17-9-10-18-14(26(22,23)24)12-6-2-4-8-16-12/h1-8,13-14,17-18H,9-10H2,(H2,19,20,21)(H2,22,23,24). The number of rotatable bonds is 9. The van der Waals surface area contributed by atoms with E-state index in [0.29, 0.717) is 0 Å². The summed E-state index contributed by atoms with van der Waals surface area (Å²) in [6, 6.07) is 9.43. The molecule has 0 aliphatic heterocycles. The molecule has 0 aliphatic rings. The highest BCUT2D eigenvalue weighted by Gasteiger charge is 2.33. The van der Waals surface area contributed by atoms with E-state index in [1.807, 2.05) is 0 Å². The number of hydrogen-bond donors (Lipinski definition) is 6. The van der Waals surface area contributed by atoms with Crippen LogP contribution in [0.4, 0.5) is 0 Å². The number of hydrogen-bond acceptors (Lipinski definition) is 6. The lowest BCUT2D eigenvalue weighted by Gasteiger charge is -2.22. The molecular formula is C14H20N4O6P2. The van der Waals surface area contributed by atoms with Crippen molar-refractivity contribution >= 4 is 15.2 Å². The van der Waals surface area contributed by atoms with E-state index in [4.69, 9.17) is 0 Å². The minimum absolute atomic E-state index is 0.0374.